The van der Waals surface area contributed by atoms with Gasteiger partial charge in [-0.15, -0.1) is 0 Å². The highest BCUT2D eigenvalue weighted by molar-refractivity contribution is 5.42. The second-order valence-electron chi connectivity index (χ2n) is 2.86. The summed E-state index contributed by atoms with van der Waals surface area (Å²) in [6.45, 7) is 0.0931. The van der Waals surface area contributed by atoms with Gasteiger partial charge in [-0.05, 0) is 12.1 Å². The van der Waals surface area contributed by atoms with Crippen molar-refractivity contribution in [2.24, 2.45) is 0 Å². The van der Waals surface area contributed by atoms with Crippen LogP contribution in [0.25, 0.3) is 5.65 Å². The van der Waals surface area contributed by atoms with Gasteiger partial charge in [0.1, 0.15) is 11.4 Å². The molecule has 2 heterocycles. The molecule has 2 rings (SSSR count). The van der Waals surface area contributed by atoms with Crippen molar-refractivity contribution in [2.45, 2.75) is 6.42 Å². The molecular weight excluding hydrogens is 168 g/mol. The van der Waals surface area contributed by atoms with E-state index >= 15 is 0 Å². The number of aromatic hydroxyl groups is 1. The van der Waals surface area contributed by atoms with Crippen LogP contribution in [-0.4, -0.2) is 26.2 Å². The number of imidazole rings is 1. The topological polar surface area (TPSA) is 57.8 Å². The number of pyridine rings is 1. The highest BCUT2D eigenvalue weighted by atomic mass is 16.3. The van der Waals surface area contributed by atoms with Crippen molar-refractivity contribution < 1.29 is 10.2 Å². The SMILES string of the molecule is OCCc1cn2cc(O)ccc2n1. The minimum atomic E-state index is 0.0931. The van der Waals surface area contributed by atoms with Crippen LogP contribution in [0.15, 0.2) is 24.5 Å². The Morgan fingerprint density at radius 3 is 2.92 bits per heavy atom. The van der Waals surface area contributed by atoms with Crippen LogP contribution in [0, 0.1) is 0 Å². The highest BCUT2D eigenvalue weighted by Crippen LogP contribution is 2.11. The fourth-order valence-electron chi connectivity index (χ4n) is 1.27. The number of aromatic nitrogens is 2. The van der Waals surface area contributed by atoms with E-state index in [0.29, 0.717) is 6.42 Å². The minimum Gasteiger partial charge on any atom is -0.506 e. The predicted molar refractivity (Wildman–Crippen MR) is 47.6 cm³/mol. The van der Waals surface area contributed by atoms with Gasteiger partial charge in [-0.1, -0.05) is 0 Å². The molecule has 0 radical (unpaired) electrons. The molecule has 0 spiro atoms. The molecule has 4 heteroatoms. The van der Waals surface area contributed by atoms with Crippen molar-refractivity contribution in [1.29, 1.82) is 0 Å². The van der Waals surface area contributed by atoms with E-state index in [1.807, 2.05) is 0 Å². The molecule has 0 amide bonds. The smallest absolute Gasteiger partial charge is 0.137 e. The first-order chi connectivity index (χ1) is 6.29. The van der Waals surface area contributed by atoms with Gasteiger partial charge in [0.15, 0.2) is 0 Å². The Morgan fingerprint density at radius 1 is 1.31 bits per heavy atom. The summed E-state index contributed by atoms with van der Waals surface area (Å²) < 4.78 is 1.74. The van der Waals surface area contributed by atoms with Crippen molar-refractivity contribution >= 4 is 5.65 Å². The third kappa shape index (κ3) is 1.48. The van der Waals surface area contributed by atoms with Crippen LogP contribution in [0.1, 0.15) is 5.69 Å². The van der Waals surface area contributed by atoms with Crippen molar-refractivity contribution in [1.82, 2.24) is 9.38 Å². The number of aliphatic hydroxyl groups excluding tert-OH is 1. The average Bonchev–Trinajstić information content (AvgIpc) is 2.46. The molecule has 0 aliphatic heterocycles. The Morgan fingerprint density at radius 2 is 2.15 bits per heavy atom. The molecule has 2 aromatic rings. The second-order valence-corrected chi connectivity index (χ2v) is 2.86. The summed E-state index contributed by atoms with van der Waals surface area (Å²) in [7, 11) is 0. The highest BCUT2D eigenvalue weighted by Gasteiger charge is 2.00. The number of hydrogen-bond donors (Lipinski definition) is 2. The fourth-order valence-corrected chi connectivity index (χ4v) is 1.27. The molecule has 0 aromatic carbocycles. The quantitative estimate of drug-likeness (QED) is 0.707. The van der Waals surface area contributed by atoms with Gasteiger partial charge in [-0.3, -0.25) is 0 Å². The average molecular weight is 178 g/mol. The lowest BCUT2D eigenvalue weighted by molar-refractivity contribution is 0.298. The first-order valence-electron chi connectivity index (χ1n) is 4.07. The number of fused-ring (bicyclic) bond motifs is 1. The molecule has 0 aliphatic rings. The van der Waals surface area contributed by atoms with Gasteiger partial charge in [-0.2, -0.15) is 0 Å². The van der Waals surface area contributed by atoms with Gasteiger partial charge < -0.3 is 14.6 Å². The molecule has 0 unspecified atom stereocenters. The molecule has 0 aliphatic carbocycles. The van der Waals surface area contributed by atoms with Crippen molar-refractivity contribution in [3.8, 4) is 5.75 Å². The van der Waals surface area contributed by atoms with Gasteiger partial charge in [0.2, 0.25) is 0 Å². The van der Waals surface area contributed by atoms with Gasteiger partial charge in [0.05, 0.1) is 11.9 Å². The predicted octanol–water partition coefficient (Wildman–Crippen LogP) is 0.575. The first-order valence-corrected chi connectivity index (χ1v) is 4.07. The maximum atomic E-state index is 9.17. The largest absolute Gasteiger partial charge is 0.506 e. The maximum Gasteiger partial charge on any atom is 0.137 e. The normalized spacial score (nSPS) is 10.8. The van der Waals surface area contributed by atoms with E-state index in [1.54, 1.807) is 28.9 Å². The maximum absolute atomic E-state index is 9.17. The molecule has 2 aromatic heterocycles. The van der Waals surface area contributed by atoms with Gasteiger partial charge in [0, 0.05) is 19.2 Å². The van der Waals surface area contributed by atoms with Gasteiger partial charge in [0.25, 0.3) is 0 Å². The lowest BCUT2D eigenvalue weighted by Crippen LogP contribution is -1.89. The third-order valence-electron chi connectivity index (χ3n) is 1.85. The molecule has 68 valence electrons. The van der Waals surface area contributed by atoms with E-state index < -0.39 is 0 Å². The van der Waals surface area contributed by atoms with E-state index in [2.05, 4.69) is 4.98 Å². The van der Waals surface area contributed by atoms with Crippen LogP contribution in [0.5, 0.6) is 5.75 Å². The summed E-state index contributed by atoms with van der Waals surface area (Å²) in [5.74, 6) is 0.209. The zero-order chi connectivity index (χ0) is 9.26. The lowest BCUT2D eigenvalue weighted by atomic mass is 10.4. The van der Waals surface area contributed by atoms with Crippen LogP contribution in [0.3, 0.4) is 0 Å². The summed E-state index contributed by atoms with van der Waals surface area (Å²) in [5.41, 5.74) is 1.61. The van der Waals surface area contributed by atoms with Crippen molar-refractivity contribution in [3.05, 3.63) is 30.2 Å². The van der Waals surface area contributed by atoms with Gasteiger partial charge in [-0.25, -0.2) is 4.98 Å². The molecule has 0 fully saturated rings. The standard InChI is InChI=1S/C9H10N2O2/c12-4-3-7-5-11-6-8(13)1-2-9(11)10-7/h1-2,5-6,12-13H,3-4H2. The van der Waals surface area contributed by atoms with E-state index in [0.717, 1.165) is 11.3 Å². The lowest BCUT2D eigenvalue weighted by Gasteiger charge is -1.92. The zero-order valence-electron chi connectivity index (χ0n) is 7.01. The summed E-state index contributed by atoms with van der Waals surface area (Å²) in [4.78, 5) is 4.24. The molecule has 0 bridgehead atoms. The molecule has 2 N–H and O–H groups in total. The number of hydrogen-bond acceptors (Lipinski definition) is 3. The third-order valence-corrected chi connectivity index (χ3v) is 1.85. The monoisotopic (exact) mass is 178 g/mol. The minimum absolute atomic E-state index is 0.0931. The molecule has 0 saturated heterocycles. The van der Waals surface area contributed by atoms with E-state index in [1.165, 1.54) is 0 Å². The van der Waals surface area contributed by atoms with Crippen LogP contribution in [0.4, 0.5) is 0 Å². The number of nitrogens with zero attached hydrogens (tertiary/aromatic N) is 2. The van der Waals surface area contributed by atoms with Crippen molar-refractivity contribution in [3.63, 3.8) is 0 Å². The van der Waals surface area contributed by atoms with E-state index in [-0.39, 0.29) is 12.4 Å². The van der Waals surface area contributed by atoms with Crippen LogP contribution in [0.2, 0.25) is 0 Å². The summed E-state index contributed by atoms with van der Waals surface area (Å²) in [5, 5.41) is 17.9. The van der Waals surface area contributed by atoms with Crippen molar-refractivity contribution in [2.75, 3.05) is 6.61 Å². The Hall–Kier alpha value is -1.55. The van der Waals surface area contributed by atoms with E-state index in [9.17, 15) is 5.11 Å². The first kappa shape index (κ1) is 8.07. The Kier molecular flexibility index (Phi) is 1.90. The van der Waals surface area contributed by atoms with Crippen LogP contribution in [-0.2, 0) is 6.42 Å². The Labute approximate surface area is 75.1 Å². The number of rotatable bonds is 2. The van der Waals surface area contributed by atoms with Crippen LogP contribution >= 0.6 is 0 Å². The molecule has 0 saturated carbocycles. The second kappa shape index (κ2) is 3.06. The number of aliphatic hydroxyl groups is 1. The summed E-state index contributed by atoms with van der Waals surface area (Å²) in [6, 6.07) is 3.32. The fraction of sp³-hybridized carbons (Fsp3) is 0.222. The Balaban J connectivity index is 2.49. The zero-order valence-corrected chi connectivity index (χ0v) is 7.01. The Bertz CT molecular complexity index is 422. The van der Waals surface area contributed by atoms with Gasteiger partial charge >= 0.3 is 0 Å². The molecular formula is C9H10N2O2. The summed E-state index contributed by atoms with van der Waals surface area (Å²) >= 11 is 0. The van der Waals surface area contributed by atoms with E-state index in [4.69, 9.17) is 5.11 Å². The summed E-state index contributed by atoms with van der Waals surface area (Å²) in [6.07, 6.45) is 3.93. The molecule has 4 nitrogen and oxygen atoms in total. The molecule has 0 atom stereocenters. The molecule has 13 heavy (non-hydrogen) atoms. The van der Waals surface area contributed by atoms with Crippen LogP contribution < -0.4 is 0 Å².